The van der Waals surface area contributed by atoms with Gasteiger partial charge < -0.3 is 4.74 Å². The number of hydrazine groups is 1. The molecule has 4 heteroatoms. The summed E-state index contributed by atoms with van der Waals surface area (Å²) in [4.78, 5) is 0. The third kappa shape index (κ3) is 3.19. The quantitative estimate of drug-likeness (QED) is 0.656. The fourth-order valence-corrected chi connectivity index (χ4v) is 3.49. The van der Waals surface area contributed by atoms with Crippen molar-refractivity contribution in [2.75, 3.05) is 6.61 Å². The number of fused-ring (bicyclic) bond motifs is 1. The molecule has 1 aliphatic heterocycles. The van der Waals surface area contributed by atoms with Gasteiger partial charge >= 0.3 is 0 Å². The molecule has 1 aliphatic rings. The average Bonchev–Trinajstić information content (AvgIpc) is 2.53. The van der Waals surface area contributed by atoms with E-state index in [9.17, 15) is 0 Å². The van der Waals surface area contributed by atoms with Crippen molar-refractivity contribution in [3.63, 3.8) is 0 Å². The SMILES string of the molecule is NNC(CC1OCCc2ccccc21)c1ccccc1Br. The fraction of sp³-hybridized carbons (Fsp3) is 0.294. The van der Waals surface area contributed by atoms with Crippen molar-refractivity contribution in [3.05, 3.63) is 69.7 Å². The van der Waals surface area contributed by atoms with Crippen LogP contribution in [0.25, 0.3) is 0 Å². The molecule has 3 N–H and O–H groups in total. The van der Waals surface area contributed by atoms with Gasteiger partial charge in [-0.1, -0.05) is 58.4 Å². The number of rotatable bonds is 4. The summed E-state index contributed by atoms with van der Waals surface area (Å²) < 4.78 is 7.05. The van der Waals surface area contributed by atoms with E-state index >= 15 is 0 Å². The van der Waals surface area contributed by atoms with Gasteiger partial charge in [0.05, 0.1) is 12.7 Å². The number of nitrogens with two attached hydrogens (primary N) is 1. The van der Waals surface area contributed by atoms with Crippen molar-refractivity contribution >= 4 is 15.9 Å². The van der Waals surface area contributed by atoms with E-state index in [1.807, 2.05) is 18.2 Å². The molecule has 0 fully saturated rings. The predicted octanol–water partition coefficient (Wildman–Crippen LogP) is 3.66. The van der Waals surface area contributed by atoms with E-state index in [0.717, 1.165) is 29.5 Å². The van der Waals surface area contributed by atoms with E-state index in [2.05, 4.69) is 51.7 Å². The Balaban J connectivity index is 1.84. The van der Waals surface area contributed by atoms with Crippen LogP contribution in [0.2, 0.25) is 0 Å². The predicted molar refractivity (Wildman–Crippen MR) is 87.7 cm³/mol. The van der Waals surface area contributed by atoms with Crippen LogP contribution in [0.3, 0.4) is 0 Å². The molecule has 0 amide bonds. The third-order valence-electron chi connectivity index (χ3n) is 4.02. The summed E-state index contributed by atoms with van der Waals surface area (Å²) in [5, 5.41) is 0. The standard InChI is InChI=1S/C17H19BrN2O/c18-15-8-4-3-7-14(15)16(20-19)11-17-13-6-2-1-5-12(13)9-10-21-17/h1-8,16-17,20H,9-11,19H2. The minimum absolute atomic E-state index is 0.0525. The molecule has 1 heterocycles. The molecular formula is C17H19BrN2O. The largest absolute Gasteiger partial charge is 0.373 e. The van der Waals surface area contributed by atoms with Gasteiger partial charge in [-0.15, -0.1) is 0 Å². The Hall–Kier alpha value is -1.20. The number of ether oxygens (including phenoxy) is 1. The maximum absolute atomic E-state index is 5.99. The molecule has 110 valence electrons. The Labute approximate surface area is 133 Å². The second-order valence-electron chi connectivity index (χ2n) is 5.28. The third-order valence-corrected chi connectivity index (χ3v) is 4.75. The first kappa shape index (κ1) is 14.7. The van der Waals surface area contributed by atoms with Gasteiger partial charge in [-0.05, 0) is 35.6 Å². The van der Waals surface area contributed by atoms with Crippen molar-refractivity contribution in [1.82, 2.24) is 5.43 Å². The molecule has 2 unspecified atom stereocenters. The van der Waals surface area contributed by atoms with E-state index in [4.69, 9.17) is 10.6 Å². The van der Waals surface area contributed by atoms with Crippen LogP contribution in [0.1, 0.15) is 35.3 Å². The van der Waals surface area contributed by atoms with Gasteiger partial charge in [0.1, 0.15) is 0 Å². The number of nitrogens with one attached hydrogen (secondary N) is 1. The van der Waals surface area contributed by atoms with Crippen LogP contribution in [-0.2, 0) is 11.2 Å². The molecule has 0 saturated carbocycles. The second-order valence-corrected chi connectivity index (χ2v) is 6.14. The topological polar surface area (TPSA) is 47.3 Å². The van der Waals surface area contributed by atoms with Crippen molar-refractivity contribution in [3.8, 4) is 0 Å². The second kappa shape index (κ2) is 6.71. The van der Waals surface area contributed by atoms with Gasteiger partial charge in [-0.25, -0.2) is 0 Å². The molecule has 2 atom stereocenters. The normalized spacial score (nSPS) is 19.0. The summed E-state index contributed by atoms with van der Waals surface area (Å²) in [5.74, 6) is 5.78. The van der Waals surface area contributed by atoms with Crippen molar-refractivity contribution < 1.29 is 4.74 Å². The lowest BCUT2D eigenvalue weighted by Gasteiger charge is -2.29. The smallest absolute Gasteiger partial charge is 0.0846 e. The van der Waals surface area contributed by atoms with E-state index in [1.54, 1.807) is 0 Å². The zero-order valence-corrected chi connectivity index (χ0v) is 13.3. The van der Waals surface area contributed by atoms with Gasteiger partial charge in [-0.3, -0.25) is 11.3 Å². The molecule has 0 saturated heterocycles. The molecular weight excluding hydrogens is 328 g/mol. The highest BCUT2D eigenvalue weighted by Crippen LogP contribution is 2.35. The molecule has 0 bridgehead atoms. The van der Waals surface area contributed by atoms with Crippen LogP contribution in [0, 0.1) is 0 Å². The summed E-state index contributed by atoms with van der Waals surface area (Å²) in [6.45, 7) is 0.773. The lowest BCUT2D eigenvalue weighted by molar-refractivity contribution is 0.0292. The van der Waals surface area contributed by atoms with Gasteiger partial charge in [0, 0.05) is 10.5 Å². The van der Waals surface area contributed by atoms with E-state index in [1.165, 1.54) is 11.1 Å². The molecule has 3 rings (SSSR count). The molecule has 2 aromatic carbocycles. The number of hydrogen-bond donors (Lipinski definition) is 2. The lowest BCUT2D eigenvalue weighted by atomic mass is 9.91. The first-order chi connectivity index (χ1) is 10.3. The highest BCUT2D eigenvalue weighted by molar-refractivity contribution is 9.10. The Kier molecular flexibility index (Phi) is 4.70. The maximum Gasteiger partial charge on any atom is 0.0846 e. The van der Waals surface area contributed by atoms with Gasteiger partial charge in [0.25, 0.3) is 0 Å². The van der Waals surface area contributed by atoms with E-state index < -0.39 is 0 Å². The first-order valence-corrected chi connectivity index (χ1v) is 7.99. The molecule has 0 aliphatic carbocycles. The van der Waals surface area contributed by atoms with Crippen LogP contribution in [0.5, 0.6) is 0 Å². The molecule has 0 spiro atoms. The number of benzene rings is 2. The van der Waals surface area contributed by atoms with Crippen molar-refractivity contribution in [2.24, 2.45) is 5.84 Å². The Morgan fingerprint density at radius 3 is 2.76 bits per heavy atom. The maximum atomic E-state index is 5.99. The van der Waals surface area contributed by atoms with Crippen molar-refractivity contribution in [1.29, 1.82) is 0 Å². The zero-order valence-electron chi connectivity index (χ0n) is 11.8. The zero-order chi connectivity index (χ0) is 14.7. The van der Waals surface area contributed by atoms with E-state index in [-0.39, 0.29) is 12.1 Å². The minimum atomic E-state index is 0.0525. The summed E-state index contributed by atoms with van der Waals surface area (Å²) in [5.41, 5.74) is 6.76. The van der Waals surface area contributed by atoms with Gasteiger partial charge in [0.2, 0.25) is 0 Å². The average molecular weight is 347 g/mol. The Bertz CT molecular complexity index is 617. The molecule has 0 aromatic heterocycles. The number of hydrogen-bond acceptors (Lipinski definition) is 3. The minimum Gasteiger partial charge on any atom is -0.373 e. The Morgan fingerprint density at radius 2 is 1.95 bits per heavy atom. The van der Waals surface area contributed by atoms with Crippen LogP contribution in [0.4, 0.5) is 0 Å². The highest BCUT2D eigenvalue weighted by Gasteiger charge is 2.25. The van der Waals surface area contributed by atoms with Crippen molar-refractivity contribution in [2.45, 2.75) is 25.0 Å². The summed E-state index contributed by atoms with van der Waals surface area (Å²) in [6.07, 6.45) is 1.89. The highest BCUT2D eigenvalue weighted by atomic mass is 79.9. The number of halogens is 1. The summed E-state index contributed by atoms with van der Waals surface area (Å²) in [6, 6.07) is 16.7. The van der Waals surface area contributed by atoms with Crippen LogP contribution in [0.15, 0.2) is 53.0 Å². The summed E-state index contributed by atoms with van der Waals surface area (Å²) in [7, 11) is 0. The molecule has 3 nitrogen and oxygen atoms in total. The first-order valence-electron chi connectivity index (χ1n) is 7.19. The molecule has 21 heavy (non-hydrogen) atoms. The monoisotopic (exact) mass is 346 g/mol. The van der Waals surface area contributed by atoms with Gasteiger partial charge in [-0.2, -0.15) is 0 Å². The molecule has 2 aromatic rings. The Morgan fingerprint density at radius 1 is 1.19 bits per heavy atom. The van der Waals surface area contributed by atoms with Gasteiger partial charge in [0.15, 0.2) is 0 Å². The lowest BCUT2D eigenvalue weighted by Crippen LogP contribution is -2.31. The summed E-state index contributed by atoms with van der Waals surface area (Å²) >= 11 is 3.60. The molecule has 0 radical (unpaired) electrons. The van der Waals surface area contributed by atoms with E-state index in [0.29, 0.717) is 0 Å². The van der Waals surface area contributed by atoms with Crippen LogP contribution >= 0.6 is 15.9 Å². The van der Waals surface area contributed by atoms with Crippen LogP contribution < -0.4 is 11.3 Å². The van der Waals surface area contributed by atoms with Crippen LogP contribution in [-0.4, -0.2) is 6.61 Å². The fourth-order valence-electron chi connectivity index (χ4n) is 2.93.